The van der Waals surface area contributed by atoms with Crippen molar-refractivity contribution in [2.75, 3.05) is 12.8 Å². The zero-order chi connectivity index (χ0) is 12.7. The zero-order valence-electron chi connectivity index (χ0n) is 10.2. The average Bonchev–Trinajstić information content (AvgIpc) is 2.81. The molecule has 2 N–H and O–H groups in total. The summed E-state index contributed by atoms with van der Waals surface area (Å²) >= 11 is 3.60. The summed E-state index contributed by atoms with van der Waals surface area (Å²) in [5, 5.41) is 14.0. The minimum absolute atomic E-state index is 0.670. The number of thioether (sulfide) groups is 1. The Morgan fingerprint density at radius 1 is 1.59 bits per heavy atom. The Bertz CT molecular complexity index is 340. The summed E-state index contributed by atoms with van der Waals surface area (Å²) in [6, 6.07) is 4.17. The quantitative estimate of drug-likeness (QED) is 0.564. The van der Waals surface area contributed by atoms with Crippen LogP contribution in [0.4, 0.5) is 0 Å². The second kappa shape index (κ2) is 7.03. The Morgan fingerprint density at radius 3 is 2.88 bits per heavy atom. The van der Waals surface area contributed by atoms with Crippen LogP contribution < -0.4 is 5.32 Å². The van der Waals surface area contributed by atoms with Crippen LogP contribution in [0.3, 0.4) is 0 Å². The van der Waals surface area contributed by atoms with Crippen molar-refractivity contribution >= 4 is 29.1 Å². The SMILES string of the molecule is CNC(C)(CCCCSc1cccs1)C(=O)O. The van der Waals surface area contributed by atoms with Crippen LogP contribution in [0, 0.1) is 0 Å². The van der Waals surface area contributed by atoms with E-state index in [0.29, 0.717) is 6.42 Å². The molecule has 96 valence electrons. The van der Waals surface area contributed by atoms with E-state index in [2.05, 4.69) is 22.8 Å². The summed E-state index contributed by atoms with van der Waals surface area (Å²) in [6.07, 6.45) is 2.65. The van der Waals surface area contributed by atoms with Gasteiger partial charge in [-0.25, -0.2) is 0 Å². The molecule has 3 nitrogen and oxygen atoms in total. The first-order chi connectivity index (χ1) is 8.08. The molecule has 0 saturated heterocycles. The van der Waals surface area contributed by atoms with Crippen molar-refractivity contribution in [2.24, 2.45) is 0 Å². The number of nitrogens with one attached hydrogen (secondary N) is 1. The van der Waals surface area contributed by atoms with E-state index in [0.717, 1.165) is 18.6 Å². The molecule has 0 aliphatic heterocycles. The molecule has 0 fully saturated rings. The molecule has 1 rings (SSSR count). The van der Waals surface area contributed by atoms with Crippen LogP contribution in [0.5, 0.6) is 0 Å². The number of carboxylic acids is 1. The molecule has 0 bridgehead atoms. The van der Waals surface area contributed by atoms with Gasteiger partial charge in [-0.2, -0.15) is 0 Å². The standard InChI is InChI=1S/C12H19NO2S2/c1-12(13-2,11(14)15)7-3-4-8-16-10-6-5-9-17-10/h5-6,9,13H,3-4,7-8H2,1-2H3,(H,14,15). The van der Waals surface area contributed by atoms with Crippen molar-refractivity contribution in [2.45, 2.75) is 35.9 Å². The molecule has 5 heteroatoms. The van der Waals surface area contributed by atoms with Gasteiger partial charge in [0.1, 0.15) is 5.54 Å². The number of hydrogen-bond acceptors (Lipinski definition) is 4. The molecule has 0 spiro atoms. The van der Waals surface area contributed by atoms with Crippen LogP contribution in [0.1, 0.15) is 26.2 Å². The number of unbranched alkanes of at least 4 members (excludes halogenated alkanes) is 1. The van der Waals surface area contributed by atoms with Gasteiger partial charge in [0.05, 0.1) is 4.21 Å². The van der Waals surface area contributed by atoms with Gasteiger partial charge in [-0.05, 0) is 44.0 Å². The molecular weight excluding hydrogens is 254 g/mol. The highest BCUT2D eigenvalue weighted by Crippen LogP contribution is 2.25. The van der Waals surface area contributed by atoms with Gasteiger partial charge >= 0.3 is 5.97 Å². The highest BCUT2D eigenvalue weighted by atomic mass is 32.2. The second-order valence-corrected chi connectivity index (χ2v) is 6.47. The molecule has 1 unspecified atom stereocenters. The molecule has 0 amide bonds. The maximum Gasteiger partial charge on any atom is 0.323 e. The number of thiophene rings is 1. The Kier molecular flexibility index (Phi) is 6.02. The first-order valence-corrected chi connectivity index (χ1v) is 7.53. The number of carbonyl (C=O) groups is 1. The first kappa shape index (κ1) is 14.5. The van der Waals surface area contributed by atoms with Crippen LogP contribution in [0.15, 0.2) is 21.7 Å². The van der Waals surface area contributed by atoms with Crippen LogP contribution in [-0.2, 0) is 4.79 Å². The van der Waals surface area contributed by atoms with E-state index in [1.807, 2.05) is 11.8 Å². The van der Waals surface area contributed by atoms with Crippen molar-refractivity contribution < 1.29 is 9.90 Å². The number of aliphatic carboxylic acids is 1. The zero-order valence-corrected chi connectivity index (χ0v) is 11.9. The molecule has 0 aliphatic rings. The summed E-state index contributed by atoms with van der Waals surface area (Å²) in [5.74, 6) is 0.283. The minimum atomic E-state index is -0.784. The highest BCUT2D eigenvalue weighted by Gasteiger charge is 2.29. The second-order valence-electron chi connectivity index (χ2n) is 4.12. The normalized spacial score (nSPS) is 14.5. The lowest BCUT2D eigenvalue weighted by molar-refractivity contribution is -0.144. The summed E-state index contributed by atoms with van der Waals surface area (Å²) < 4.78 is 1.33. The molecule has 1 aromatic rings. The van der Waals surface area contributed by atoms with E-state index in [-0.39, 0.29) is 0 Å². The summed E-state index contributed by atoms with van der Waals surface area (Å²) in [6.45, 7) is 1.74. The predicted molar refractivity (Wildman–Crippen MR) is 74.0 cm³/mol. The van der Waals surface area contributed by atoms with Crippen molar-refractivity contribution in [1.82, 2.24) is 5.32 Å². The van der Waals surface area contributed by atoms with Gasteiger partial charge in [0.25, 0.3) is 0 Å². The largest absolute Gasteiger partial charge is 0.480 e. The fourth-order valence-corrected chi connectivity index (χ4v) is 3.30. The molecule has 0 radical (unpaired) electrons. The molecule has 0 aliphatic carbocycles. The van der Waals surface area contributed by atoms with Crippen molar-refractivity contribution in [3.63, 3.8) is 0 Å². The molecule has 1 atom stereocenters. The Morgan fingerprint density at radius 2 is 2.35 bits per heavy atom. The van der Waals surface area contributed by atoms with Crippen molar-refractivity contribution in [3.8, 4) is 0 Å². The lowest BCUT2D eigenvalue weighted by Gasteiger charge is -2.23. The number of carboxylic acid groups (broad SMARTS) is 1. The molecule has 0 aromatic carbocycles. The van der Waals surface area contributed by atoms with E-state index in [4.69, 9.17) is 5.11 Å². The smallest absolute Gasteiger partial charge is 0.323 e. The Labute approximate surface area is 111 Å². The van der Waals surface area contributed by atoms with E-state index in [1.165, 1.54) is 4.21 Å². The molecular formula is C12H19NO2S2. The molecule has 1 aromatic heterocycles. The minimum Gasteiger partial charge on any atom is -0.480 e. The van der Waals surface area contributed by atoms with Crippen molar-refractivity contribution in [1.29, 1.82) is 0 Å². The van der Waals surface area contributed by atoms with Crippen LogP contribution in [-0.4, -0.2) is 29.4 Å². The fourth-order valence-electron chi connectivity index (χ4n) is 1.44. The molecule has 0 saturated carbocycles. The third-order valence-corrected chi connectivity index (χ3v) is 5.05. The summed E-state index contributed by atoms with van der Waals surface area (Å²) in [7, 11) is 1.70. The number of rotatable bonds is 8. The highest BCUT2D eigenvalue weighted by molar-refractivity contribution is 8.01. The van der Waals surface area contributed by atoms with Gasteiger partial charge in [0.2, 0.25) is 0 Å². The maximum atomic E-state index is 11.0. The third kappa shape index (κ3) is 4.69. The average molecular weight is 273 g/mol. The van der Waals surface area contributed by atoms with E-state index in [9.17, 15) is 4.79 Å². The first-order valence-electron chi connectivity index (χ1n) is 5.67. The van der Waals surface area contributed by atoms with Gasteiger partial charge in [-0.1, -0.05) is 12.5 Å². The van der Waals surface area contributed by atoms with E-state index < -0.39 is 11.5 Å². The van der Waals surface area contributed by atoms with Crippen LogP contribution in [0.2, 0.25) is 0 Å². The Balaban J connectivity index is 2.17. The fraction of sp³-hybridized carbons (Fsp3) is 0.583. The predicted octanol–water partition coefficient (Wildman–Crippen LogP) is 3.07. The summed E-state index contributed by atoms with van der Waals surface area (Å²) in [4.78, 5) is 11.0. The number of hydrogen-bond donors (Lipinski definition) is 2. The summed E-state index contributed by atoms with van der Waals surface area (Å²) in [5.41, 5.74) is -0.784. The van der Waals surface area contributed by atoms with Gasteiger partial charge < -0.3 is 10.4 Å². The van der Waals surface area contributed by atoms with E-state index >= 15 is 0 Å². The number of likely N-dealkylation sites (N-methyl/N-ethyl adjacent to an activating group) is 1. The monoisotopic (exact) mass is 273 g/mol. The Hall–Kier alpha value is -0.520. The van der Waals surface area contributed by atoms with E-state index in [1.54, 1.807) is 25.3 Å². The lowest BCUT2D eigenvalue weighted by Crippen LogP contribution is -2.47. The lowest BCUT2D eigenvalue weighted by atomic mass is 9.95. The molecule has 17 heavy (non-hydrogen) atoms. The van der Waals surface area contributed by atoms with Crippen LogP contribution >= 0.6 is 23.1 Å². The van der Waals surface area contributed by atoms with Crippen molar-refractivity contribution in [3.05, 3.63) is 17.5 Å². The third-order valence-electron chi connectivity index (χ3n) is 2.83. The van der Waals surface area contributed by atoms with Gasteiger partial charge in [-0.15, -0.1) is 23.1 Å². The molecule has 1 heterocycles. The van der Waals surface area contributed by atoms with Gasteiger partial charge in [-0.3, -0.25) is 4.79 Å². The maximum absolute atomic E-state index is 11.0. The van der Waals surface area contributed by atoms with Gasteiger partial charge in [0, 0.05) is 0 Å². The van der Waals surface area contributed by atoms with Crippen LogP contribution in [0.25, 0.3) is 0 Å². The topological polar surface area (TPSA) is 49.3 Å². The van der Waals surface area contributed by atoms with Gasteiger partial charge in [0.15, 0.2) is 0 Å².